The molecule has 0 bridgehead atoms. The summed E-state index contributed by atoms with van der Waals surface area (Å²) in [5.41, 5.74) is 6.27. The molecule has 0 aliphatic carbocycles. The van der Waals surface area contributed by atoms with Gasteiger partial charge in [0.05, 0.1) is 6.10 Å². The van der Waals surface area contributed by atoms with E-state index in [0.29, 0.717) is 13.0 Å². The van der Waals surface area contributed by atoms with Gasteiger partial charge in [-0.1, -0.05) is 0 Å². The maximum Gasteiger partial charge on any atom is 0.120 e. The Morgan fingerprint density at radius 3 is 2.71 bits per heavy atom. The SMILES string of the molecule is CC(C)Oc1ccc(O)c(CCN)c1. The number of hydrogen-bond donors (Lipinski definition) is 2. The van der Waals surface area contributed by atoms with Crippen LogP contribution in [0.3, 0.4) is 0 Å². The van der Waals surface area contributed by atoms with E-state index in [1.807, 2.05) is 19.9 Å². The van der Waals surface area contributed by atoms with E-state index in [9.17, 15) is 5.11 Å². The predicted octanol–water partition coefficient (Wildman–Crippen LogP) is 1.68. The van der Waals surface area contributed by atoms with Crippen molar-refractivity contribution in [3.05, 3.63) is 23.8 Å². The van der Waals surface area contributed by atoms with Crippen molar-refractivity contribution in [3.63, 3.8) is 0 Å². The Hall–Kier alpha value is -1.22. The van der Waals surface area contributed by atoms with Crippen LogP contribution in [-0.4, -0.2) is 17.8 Å². The molecule has 0 saturated carbocycles. The molecule has 3 N–H and O–H groups in total. The lowest BCUT2D eigenvalue weighted by Gasteiger charge is -2.11. The van der Waals surface area contributed by atoms with Crippen LogP contribution in [0.25, 0.3) is 0 Å². The largest absolute Gasteiger partial charge is 0.508 e. The van der Waals surface area contributed by atoms with Gasteiger partial charge in [-0.15, -0.1) is 0 Å². The van der Waals surface area contributed by atoms with E-state index in [1.165, 1.54) is 0 Å². The van der Waals surface area contributed by atoms with Crippen molar-refractivity contribution in [1.29, 1.82) is 0 Å². The zero-order valence-corrected chi connectivity index (χ0v) is 8.66. The first-order valence-corrected chi connectivity index (χ1v) is 4.82. The van der Waals surface area contributed by atoms with Crippen LogP contribution in [-0.2, 0) is 6.42 Å². The van der Waals surface area contributed by atoms with E-state index in [2.05, 4.69) is 0 Å². The second kappa shape index (κ2) is 4.86. The summed E-state index contributed by atoms with van der Waals surface area (Å²) in [5.74, 6) is 1.06. The molecule has 0 aromatic heterocycles. The molecule has 78 valence electrons. The van der Waals surface area contributed by atoms with E-state index in [1.54, 1.807) is 12.1 Å². The van der Waals surface area contributed by atoms with Gasteiger partial charge in [0.1, 0.15) is 11.5 Å². The van der Waals surface area contributed by atoms with E-state index in [4.69, 9.17) is 10.5 Å². The third-order valence-electron chi connectivity index (χ3n) is 1.84. The van der Waals surface area contributed by atoms with Gasteiger partial charge in [-0.3, -0.25) is 0 Å². The Morgan fingerprint density at radius 1 is 1.43 bits per heavy atom. The average Bonchev–Trinajstić information content (AvgIpc) is 2.10. The lowest BCUT2D eigenvalue weighted by molar-refractivity contribution is 0.242. The Balaban J connectivity index is 2.83. The molecular formula is C11H17NO2. The fraction of sp³-hybridized carbons (Fsp3) is 0.455. The fourth-order valence-electron chi connectivity index (χ4n) is 1.26. The van der Waals surface area contributed by atoms with Crippen LogP contribution in [0.1, 0.15) is 19.4 Å². The lowest BCUT2D eigenvalue weighted by atomic mass is 10.1. The minimum absolute atomic E-state index is 0.144. The van der Waals surface area contributed by atoms with Gasteiger partial charge in [-0.05, 0) is 50.6 Å². The normalized spacial score (nSPS) is 10.6. The smallest absolute Gasteiger partial charge is 0.120 e. The molecule has 1 aromatic carbocycles. The van der Waals surface area contributed by atoms with Crippen molar-refractivity contribution < 1.29 is 9.84 Å². The minimum Gasteiger partial charge on any atom is -0.508 e. The standard InChI is InChI=1S/C11H17NO2/c1-8(2)14-10-3-4-11(13)9(7-10)5-6-12/h3-4,7-8,13H,5-6,12H2,1-2H3. The molecular weight excluding hydrogens is 178 g/mol. The molecule has 1 rings (SSSR count). The predicted molar refractivity (Wildman–Crippen MR) is 56.6 cm³/mol. The Bertz CT molecular complexity index is 297. The van der Waals surface area contributed by atoms with Gasteiger partial charge >= 0.3 is 0 Å². The molecule has 0 saturated heterocycles. The summed E-state index contributed by atoms with van der Waals surface area (Å²) in [6.45, 7) is 4.46. The highest BCUT2D eigenvalue weighted by atomic mass is 16.5. The summed E-state index contributed by atoms with van der Waals surface area (Å²) < 4.78 is 5.50. The second-order valence-electron chi connectivity index (χ2n) is 3.50. The number of phenolic OH excluding ortho intramolecular Hbond substituents is 1. The summed E-state index contributed by atoms with van der Waals surface area (Å²) in [5, 5.41) is 9.49. The zero-order valence-electron chi connectivity index (χ0n) is 8.66. The molecule has 0 aliphatic rings. The van der Waals surface area contributed by atoms with E-state index in [-0.39, 0.29) is 11.9 Å². The van der Waals surface area contributed by atoms with E-state index >= 15 is 0 Å². The molecule has 0 spiro atoms. The van der Waals surface area contributed by atoms with Gasteiger partial charge in [0.25, 0.3) is 0 Å². The summed E-state index contributed by atoms with van der Waals surface area (Å²) in [7, 11) is 0. The number of aromatic hydroxyl groups is 1. The van der Waals surface area contributed by atoms with Gasteiger partial charge in [0.15, 0.2) is 0 Å². The highest BCUT2D eigenvalue weighted by Gasteiger charge is 2.03. The number of rotatable bonds is 4. The molecule has 0 atom stereocenters. The molecule has 0 amide bonds. The maximum atomic E-state index is 9.49. The molecule has 3 heteroatoms. The van der Waals surface area contributed by atoms with Crippen molar-refractivity contribution in [1.82, 2.24) is 0 Å². The second-order valence-corrected chi connectivity index (χ2v) is 3.50. The van der Waals surface area contributed by atoms with Crippen molar-refractivity contribution in [2.45, 2.75) is 26.4 Å². The Labute approximate surface area is 84.5 Å². The van der Waals surface area contributed by atoms with Crippen molar-refractivity contribution in [3.8, 4) is 11.5 Å². The maximum absolute atomic E-state index is 9.49. The van der Waals surface area contributed by atoms with Crippen molar-refractivity contribution in [2.24, 2.45) is 5.73 Å². The Kier molecular flexibility index (Phi) is 3.77. The quantitative estimate of drug-likeness (QED) is 0.768. The highest BCUT2D eigenvalue weighted by molar-refractivity contribution is 5.39. The van der Waals surface area contributed by atoms with Gasteiger partial charge in [0, 0.05) is 0 Å². The first-order chi connectivity index (χ1) is 6.63. The summed E-state index contributed by atoms with van der Waals surface area (Å²) in [4.78, 5) is 0. The van der Waals surface area contributed by atoms with Crippen LogP contribution in [0, 0.1) is 0 Å². The molecule has 14 heavy (non-hydrogen) atoms. The average molecular weight is 195 g/mol. The van der Waals surface area contributed by atoms with Gasteiger partial charge in [-0.25, -0.2) is 0 Å². The van der Waals surface area contributed by atoms with E-state index < -0.39 is 0 Å². The molecule has 0 aliphatic heterocycles. The summed E-state index contributed by atoms with van der Waals surface area (Å²) >= 11 is 0. The number of ether oxygens (including phenoxy) is 1. The number of nitrogens with two attached hydrogens (primary N) is 1. The van der Waals surface area contributed by atoms with Gasteiger partial charge in [0.2, 0.25) is 0 Å². The zero-order chi connectivity index (χ0) is 10.6. The van der Waals surface area contributed by atoms with Gasteiger partial charge < -0.3 is 15.6 Å². The van der Waals surface area contributed by atoms with E-state index in [0.717, 1.165) is 11.3 Å². The summed E-state index contributed by atoms with van der Waals surface area (Å²) in [6.07, 6.45) is 0.812. The van der Waals surface area contributed by atoms with Crippen LogP contribution >= 0.6 is 0 Å². The van der Waals surface area contributed by atoms with Crippen LogP contribution in [0.2, 0.25) is 0 Å². The van der Waals surface area contributed by atoms with Gasteiger partial charge in [-0.2, -0.15) is 0 Å². The molecule has 0 radical (unpaired) electrons. The molecule has 0 fully saturated rings. The van der Waals surface area contributed by atoms with Crippen LogP contribution in [0.15, 0.2) is 18.2 Å². The molecule has 1 aromatic rings. The molecule has 0 heterocycles. The number of hydrogen-bond acceptors (Lipinski definition) is 3. The molecule has 0 unspecified atom stereocenters. The number of benzene rings is 1. The van der Waals surface area contributed by atoms with Crippen molar-refractivity contribution in [2.75, 3.05) is 6.54 Å². The van der Waals surface area contributed by atoms with Crippen LogP contribution in [0.4, 0.5) is 0 Å². The fourth-order valence-corrected chi connectivity index (χ4v) is 1.26. The minimum atomic E-state index is 0.144. The lowest BCUT2D eigenvalue weighted by Crippen LogP contribution is -2.07. The monoisotopic (exact) mass is 195 g/mol. The first kappa shape index (κ1) is 10.9. The summed E-state index contributed by atoms with van der Waals surface area (Å²) in [6, 6.07) is 5.24. The van der Waals surface area contributed by atoms with Crippen LogP contribution < -0.4 is 10.5 Å². The third kappa shape index (κ3) is 2.92. The molecule has 3 nitrogen and oxygen atoms in total. The van der Waals surface area contributed by atoms with Crippen molar-refractivity contribution >= 4 is 0 Å². The van der Waals surface area contributed by atoms with Crippen LogP contribution in [0.5, 0.6) is 11.5 Å². The third-order valence-corrected chi connectivity index (χ3v) is 1.84. The topological polar surface area (TPSA) is 55.5 Å². The Morgan fingerprint density at radius 2 is 2.14 bits per heavy atom. The number of phenols is 1. The first-order valence-electron chi connectivity index (χ1n) is 4.82. The highest BCUT2D eigenvalue weighted by Crippen LogP contribution is 2.23.